The van der Waals surface area contributed by atoms with Crippen LogP contribution in [0.4, 0.5) is 0 Å². The molecule has 0 aromatic rings. The number of ether oxygens (including phenoxy) is 2. The van der Waals surface area contributed by atoms with Crippen LogP contribution in [0.5, 0.6) is 0 Å². The van der Waals surface area contributed by atoms with Gasteiger partial charge in [0.1, 0.15) is 18.3 Å². The van der Waals surface area contributed by atoms with Gasteiger partial charge >= 0.3 is 206 Å². The summed E-state index contributed by atoms with van der Waals surface area (Å²) in [5.74, 6) is 0. The zero-order valence-electron chi connectivity index (χ0n) is 17.6. The second-order valence-corrected chi connectivity index (χ2v) is 8.96. The summed E-state index contributed by atoms with van der Waals surface area (Å²) in [4.78, 5) is 0. The van der Waals surface area contributed by atoms with Gasteiger partial charge in [0, 0.05) is 7.11 Å². The van der Waals surface area contributed by atoms with Crippen molar-refractivity contribution in [3.63, 3.8) is 0 Å². The summed E-state index contributed by atoms with van der Waals surface area (Å²) < 4.78 is 155. The molecular formula is C7H10K4O18S4. The van der Waals surface area contributed by atoms with Crippen LogP contribution >= 0.6 is 0 Å². The molecule has 0 aliphatic carbocycles. The molecule has 1 heterocycles. The van der Waals surface area contributed by atoms with E-state index >= 15 is 0 Å². The van der Waals surface area contributed by atoms with Crippen LogP contribution < -0.4 is 206 Å². The SMILES string of the molecule is COC1OC(COS(=O)(=O)[O-])C(OS(=O)(=O)[O-])C(OS(=O)(=O)[O-])C1OS(=O)(=O)[O-].[K+].[K+].[K+].[K+]. The van der Waals surface area contributed by atoms with Gasteiger partial charge in [0.15, 0.2) is 12.4 Å². The molecule has 0 aromatic carbocycles. The Hall–Kier alpha value is 5.95. The second kappa shape index (κ2) is 19.2. The molecule has 0 spiro atoms. The quantitative estimate of drug-likeness (QED) is 0.119. The zero-order chi connectivity index (χ0) is 22.8. The van der Waals surface area contributed by atoms with E-state index in [9.17, 15) is 51.9 Å². The van der Waals surface area contributed by atoms with E-state index in [2.05, 4.69) is 21.5 Å². The standard InChI is InChI=1S/C7H14O18S4.4K/c1-20-7-6(25-29(17,18)19)5(24-28(14,15)16)4(23-27(11,12)13)3(22-7)2-21-26(8,9)10;;;;/h3-7H,2H2,1H3,(H,8,9,10)(H,11,12,13)(H,14,15,16)(H,17,18,19);;;;/q;4*+1/p-4. The van der Waals surface area contributed by atoms with E-state index in [0.717, 1.165) is 7.11 Å². The second-order valence-electron chi connectivity index (χ2n) is 4.88. The van der Waals surface area contributed by atoms with E-state index in [1.807, 2.05) is 0 Å². The van der Waals surface area contributed by atoms with Crippen LogP contribution in [0.1, 0.15) is 0 Å². The normalized spacial score (nSPS) is 26.0. The molecule has 26 heteroatoms. The minimum absolute atomic E-state index is 0. The van der Waals surface area contributed by atoms with Gasteiger partial charge in [-0.2, -0.15) is 0 Å². The first-order valence-corrected chi connectivity index (χ1v) is 11.9. The number of hydrogen-bond acceptors (Lipinski definition) is 18. The summed E-state index contributed by atoms with van der Waals surface area (Å²) in [6.45, 7) is -1.46. The Labute approximate surface area is 360 Å². The van der Waals surface area contributed by atoms with Crippen molar-refractivity contribution in [3.05, 3.63) is 0 Å². The van der Waals surface area contributed by atoms with Gasteiger partial charge in [0.25, 0.3) is 0 Å². The number of hydrogen-bond donors (Lipinski definition) is 0. The van der Waals surface area contributed by atoms with E-state index < -0.39 is 78.9 Å². The van der Waals surface area contributed by atoms with Gasteiger partial charge in [-0.25, -0.2) is 33.7 Å². The average Bonchev–Trinajstić information content (AvgIpc) is 2.44. The summed E-state index contributed by atoms with van der Waals surface area (Å²) in [6.07, 6.45) is -12.3. The topological polar surface area (TPSA) is 284 Å². The molecule has 18 nitrogen and oxygen atoms in total. The summed E-state index contributed by atoms with van der Waals surface area (Å²) in [5, 5.41) is 0. The fraction of sp³-hybridized carbons (Fsp3) is 1.00. The van der Waals surface area contributed by atoms with Crippen LogP contribution in [-0.4, -0.2) is 96.3 Å². The maximum Gasteiger partial charge on any atom is 1.00 e. The molecule has 5 atom stereocenters. The molecule has 1 rings (SSSR count). The fourth-order valence-electron chi connectivity index (χ4n) is 2.09. The van der Waals surface area contributed by atoms with E-state index in [-0.39, 0.29) is 206 Å². The number of rotatable bonds is 10. The first-order chi connectivity index (χ1) is 12.8. The zero-order valence-corrected chi connectivity index (χ0v) is 33.3. The van der Waals surface area contributed by atoms with Crippen LogP contribution in [0, 0.1) is 0 Å². The van der Waals surface area contributed by atoms with Gasteiger partial charge in [-0.15, -0.1) is 0 Å². The van der Waals surface area contributed by atoms with Crippen LogP contribution in [-0.2, 0) is 67.8 Å². The van der Waals surface area contributed by atoms with E-state index in [1.165, 1.54) is 0 Å². The molecule has 0 radical (unpaired) electrons. The van der Waals surface area contributed by atoms with Crippen molar-refractivity contribution >= 4 is 41.6 Å². The third kappa shape index (κ3) is 20.5. The van der Waals surface area contributed by atoms with Crippen LogP contribution in [0.2, 0.25) is 0 Å². The molecule has 0 aromatic heterocycles. The Kier molecular flexibility index (Phi) is 26.7. The van der Waals surface area contributed by atoms with Crippen molar-refractivity contribution in [2.45, 2.75) is 30.7 Å². The average molecular weight is 667 g/mol. The van der Waals surface area contributed by atoms with Gasteiger partial charge in [-0.3, -0.25) is 16.7 Å². The van der Waals surface area contributed by atoms with Gasteiger partial charge in [0.2, 0.25) is 41.6 Å². The van der Waals surface area contributed by atoms with Crippen LogP contribution in [0.25, 0.3) is 0 Å². The third-order valence-corrected chi connectivity index (χ3v) is 4.69. The molecule has 33 heavy (non-hydrogen) atoms. The number of methoxy groups -OCH3 is 1. The van der Waals surface area contributed by atoms with Crippen molar-refractivity contribution in [1.29, 1.82) is 0 Å². The monoisotopic (exact) mass is 666 g/mol. The first kappa shape index (κ1) is 45.9. The predicted octanol–water partition coefficient (Wildman–Crippen LogP) is -16.6. The molecular weight excluding hydrogens is 657 g/mol. The molecule has 1 saturated heterocycles. The predicted molar refractivity (Wildman–Crippen MR) is 75.0 cm³/mol. The minimum atomic E-state index is -5.83. The van der Waals surface area contributed by atoms with Gasteiger partial charge in [-0.05, 0) is 0 Å². The maximum absolute atomic E-state index is 10.9. The fourth-order valence-corrected chi connectivity index (χ4v) is 3.86. The maximum atomic E-state index is 10.9. The molecule has 0 bridgehead atoms. The van der Waals surface area contributed by atoms with Gasteiger partial charge in [-0.1, -0.05) is 0 Å². The Morgan fingerprint density at radius 3 is 1.33 bits per heavy atom. The molecule has 0 saturated carbocycles. The first-order valence-electron chi connectivity index (χ1n) is 6.52. The molecule has 1 fully saturated rings. The molecule has 0 N–H and O–H groups in total. The minimum Gasteiger partial charge on any atom is -0.726 e. The molecule has 174 valence electrons. The summed E-state index contributed by atoms with van der Waals surface area (Å²) in [5.41, 5.74) is 0. The van der Waals surface area contributed by atoms with Crippen molar-refractivity contribution in [3.8, 4) is 0 Å². The summed E-state index contributed by atoms with van der Waals surface area (Å²) >= 11 is 0. The molecule has 1 aliphatic heterocycles. The van der Waals surface area contributed by atoms with Crippen LogP contribution in [0.15, 0.2) is 0 Å². The molecule has 5 unspecified atom stereocenters. The third-order valence-electron chi connectivity index (χ3n) is 2.89. The smallest absolute Gasteiger partial charge is 0.726 e. The van der Waals surface area contributed by atoms with Crippen molar-refractivity contribution in [2.24, 2.45) is 0 Å². The van der Waals surface area contributed by atoms with E-state index in [1.54, 1.807) is 0 Å². The Bertz CT molecular complexity index is 994. The van der Waals surface area contributed by atoms with E-state index in [0.29, 0.717) is 0 Å². The van der Waals surface area contributed by atoms with Gasteiger partial charge in [0.05, 0.1) is 6.61 Å². The Morgan fingerprint density at radius 1 is 0.636 bits per heavy atom. The Balaban J connectivity index is -0.00000105. The van der Waals surface area contributed by atoms with Crippen LogP contribution in [0.3, 0.4) is 0 Å². The molecule has 1 aliphatic rings. The van der Waals surface area contributed by atoms with E-state index in [4.69, 9.17) is 4.74 Å². The summed E-state index contributed by atoms with van der Waals surface area (Å²) in [6, 6.07) is 0. The van der Waals surface area contributed by atoms with Crippen molar-refractivity contribution in [2.75, 3.05) is 13.7 Å². The molecule has 0 amide bonds. The van der Waals surface area contributed by atoms with Gasteiger partial charge < -0.3 is 27.7 Å². The Morgan fingerprint density at radius 2 is 1.00 bits per heavy atom. The van der Waals surface area contributed by atoms with Crippen molar-refractivity contribution < 1.29 is 284 Å². The summed E-state index contributed by atoms with van der Waals surface area (Å²) in [7, 11) is -22.1. The van der Waals surface area contributed by atoms with Crippen molar-refractivity contribution in [1.82, 2.24) is 0 Å². The largest absolute Gasteiger partial charge is 1.00 e.